The van der Waals surface area contributed by atoms with Crippen LogP contribution in [0, 0.1) is 10.1 Å². The molecule has 0 aliphatic heterocycles. The molecule has 0 heterocycles. The molecule has 0 spiro atoms. The molecule has 0 aromatic heterocycles. The number of urea groups is 1. The summed E-state index contributed by atoms with van der Waals surface area (Å²) in [6, 6.07) is 5.27. The van der Waals surface area contributed by atoms with Gasteiger partial charge in [-0.3, -0.25) is 10.1 Å². The zero-order valence-electron chi connectivity index (χ0n) is 9.18. The van der Waals surface area contributed by atoms with E-state index in [-0.39, 0.29) is 11.7 Å². The van der Waals surface area contributed by atoms with Crippen LogP contribution >= 0.6 is 0 Å². The summed E-state index contributed by atoms with van der Waals surface area (Å²) >= 11 is 0. The molecule has 0 saturated carbocycles. The maximum Gasteiger partial charge on any atom is 0.319 e. The molecule has 1 aromatic rings. The molecule has 0 unspecified atom stereocenters. The first-order valence-corrected chi connectivity index (χ1v) is 5.03. The normalized spacial score (nSPS) is 9.41. The molecule has 6 heteroatoms. The predicted molar refractivity (Wildman–Crippen MR) is 64.9 cm³/mol. The van der Waals surface area contributed by atoms with Crippen LogP contribution in [0.15, 0.2) is 36.9 Å². The quantitative estimate of drug-likeness (QED) is 0.355. The Labute approximate surface area is 98.5 Å². The van der Waals surface area contributed by atoms with E-state index in [2.05, 4.69) is 17.2 Å². The van der Waals surface area contributed by atoms with Gasteiger partial charge in [-0.15, -0.1) is 6.58 Å². The number of rotatable bonds is 5. The lowest BCUT2D eigenvalue weighted by atomic mass is 10.3. The van der Waals surface area contributed by atoms with Gasteiger partial charge in [-0.1, -0.05) is 6.08 Å². The summed E-state index contributed by atoms with van der Waals surface area (Å²) < 4.78 is 0. The molecule has 1 aromatic carbocycles. The second kappa shape index (κ2) is 6.26. The number of amides is 2. The predicted octanol–water partition coefficient (Wildman–Crippen LogP) is 2.29. The van der Waals surface area contributed by atoms with Crippen molar-refractivity contribution in [3.63, 3.8) is 0 Å². The van der Waals surface area contributed by atoms with Gasteiger partial charge in [0.15, 0.2) is 0 Å². The molecule has 0 radical (unpaired) electrons. The van der Waals surface area contributed by atoms with E-state index in [1.54, 1.807) is 6.08 Å². The van der Waals surface area contributed by atoms with Gasteiger partial charge in [0.25, 0.3) is 5.69 Å². The Morgan fingerprint density at radius 2 is 2.06 bits per heavy atom. The van der Waals surface area contributed by atoms with E-state index in [0.29, 0.717) is 18.7 Å². The number of nitrogens with zero attached hydrogens (tertiary/aromatic N) is 1. The number of benzene rings is 1. The molecule has 17 heavy (non-hydrogen) atoms. The summed E-state index contributed by atoms with van der Waals surface area (Å²) in [7, 11) is 0. The van der Waals surface area contributed by atoms with Crippen molar-refractivity contribution >= 4 is 17.4 Å². The average molecular weight is 235 g/mol. The summed E-state index contributed by atoms with van der Waals surface area (Å²) in [5.41, 5.74) is 0.495. The minimum Gasteiger partial charge on any atom is -0.338 e. The fourth-order valence-corrected chi connectivity index (χ4v) is 1.13. The highest BCUT2D eigenvalue weighted by Crippen LogP contribution is 2.14. The Morgan fingerprint density at radius 1 is 1.41 bits per heavy atom. The lowest BCUT2D eigenvalue weighted by Gasteiger charge is -2.05. The van der Waals surface area contributed by atoms with Crippen molar-refractivity contribution in [3.8, 4) is 0 Å². The second-order valence-electron chi connectivity index (χ2n) is 3.26. The van der Waals surface area contributed by atoms with Crippen LogP contribution < -0.4 is 10.6 Å². The van der Waals surface area contributed by atoms with Crippen LogP contribution in [-0.4, -0.2) is 17.5 Å². The van der Waals surface area contributed by atoms with Crippen LogP contribution in [-0.2, 0) is 0 Å². The van der Waals surface area contributed by atoms with E-state index in [9.17, 15) is 14.9 Å². The lowest BCUT2D eigenvalue weighted by molar-refractivity contribution is -0.384. The van der Waals surface area contributed by atoms with Crippen molar-refractivity contribution < 1.29 is 9.72 Å². The third-order valence-electron chi connectivity index (χ3n) is 1.97. The van der Waals surface area contributed by atoms with Crippen molar-refractivity contribution in [1.82, 2.24) is 5.32 Å². The second-order valence-corrected chi connectivity index (χ2v) is 3.26. The molecule has 0 aliphatic carbocycles. The number of carbonyl (C=O) groups is 1. The van der Waals surface area contributed by atoms with Gasteiger partial charge in [0, 0.05) is 24.4 Å². The Morgan fingerprint density at radius 3 is 2.59 bits per heavy atom. The Balaban J connectivity index is 2.48. The Hall–Kier alpha value is -2.37. The maximum absolute atomic E-state index is 11.3. The molecule has 0 saturated heterocycles. The summed E-state index contributed by atoms with van der Waals surface area (Å²) in [6.45, 7) is 4.03. The highest BCUT2D eigenvalue weighted by Gasteiger charge is 2.05. The zero-order valence-corrected chi connectivity index (χ0v) is 9.18. The van der Waals surface area contributed by atoms with Crippen LogP contribution in [0.3, 0.4) is 0 Å². The Bertz CT molecular complexity index is 414. The first kappa shape index (κ1) is 12.7. The molecular weight excluding hydrogens is 222 g/mol. The van der Waals surface area contributed by atoms with Gasteiger partial charge in [-0.2, -0.15) is 0 Å². The van der Waals surface area contributed by atoms with Crippen LogP contribution in [0.4, 0.5) is 16.2 Å². The number of nitro benzene ring substituents is 1. The van der Waals surface area contributed by atoms with Crippen molar-refractivity contribution in [2.24, 2.45) is 0 Å². The van der Waals surface area contributed by atoms with Gasteiger partial charge in [0.1, 0.15) is 0 Å². The smallest absolute Gasteiger partial charge is 0.319 e. The van der Waals surface area contributed by atoms with Gasteiger partial charge < -0.3 is 10.6 Å². The van der Waals surface area contributed by atoms with E-state index in [0.717, 1.165) is 0 Å². The maximum atomic E-state index is 11.3. The molecule has 1 rings (SSSR count). The van der Waals surface area contributed by atoms with Gasteiger partial charge in [-0.25, -0.2) is 4.79 Å². The molecule has 90 valence electrons. The molecule has 6 nitrogen and oxygen atoms in total. The number of hydrogen-bond donors (Lipinski definition) is 2. The number of anilines is 1. The SMILES string of the molecule is C=CCCNC(=O)Nc1ccc([N+](=O)[O-])cc1. The Kier molecular flexibility index (Phi) is 4.68. The van der Waals surface area contributed by atoms with Crippen molar-refractivity contribution in [3.05, 3.63) is 47.0 Å². The minimum absolute atomic E-state index is 0.0115. The molecule has 2 amide bonds. The summed E-state index contributed by atoms with van der Waals surface area (Å²) in [6.07, 6.45) is 2.39. The topological polar surface area (TPSA) is 84.3 Å². The standard InChI is InChI=1S/C11H13N3O3/c1-2-3-8-12-11(15)13-9-4-6-10(7-5-9)14(16)17/h2,4-7H,1,3,8H2,(H2,12,13,15). The zero-order chi connectivity index (χ0) is 12.7. The van der Waals surface area contributed by atoms with Crippen LogP contribution in [0.1, 0.15) is 6.42 Å². The van der Waals surface area contributed by atoms with E-state index >= 15 is 0 Å². The molecule has 2 N–H and O–H groups in total. The molecule has 0 fully saturated rings. The number of nitro groups is 1. The van der Waals surface area contributed by atoms with E-state index in [1.807, 2.05) is 0 Å². The molecular formula is C11H13N3O3. The van der Waals surface area contributed by atoms with Crippen molar-refractivity contribution in [2.45, 2.75) is 6.42 Å². The highest BCUT2D eigenvalue weighted by molar-refractivity contribution is 5.89. The third kappa shape index (κ3) is 4.33. The molecule has 0 aliphatic rings. The fourth-order valence-electron chi connectivity index (χ4n) is 1.13. The number of nitrogens with one attached hydrogen (secondary N) is 2. The number of carbonyl (C=O) groups excluding carboxylic acids is 1. The fraction of sp³-hybridized carbons (Fsp3) is 0.182. The number of non-ortho nitro benzene ring substituents is 1. The summed E-state index contributed by atoms with van der Waals surface area (Å²) in [5, 5.41) is 15.6. The first-order valence-electron chi connectivity index (χ1n) is 5.03. The lowest BCUT2D eigenvalue weighted by Crippen LogP contribution is -2.29. The third-order valence-corrected chi connectivity index (χ3v) is 1.97. The number of hydrogen-bond acceptors (Lipinski definition) is 3. The van der Waals surface area contributed by atoms with Gasteiger partial charge in [0.05, 0.1) is 4.92 Å². The van der Waals surface area contributed by atoms with Crippen LogP contribution in [0.25, 0.3) is 0 Å². The summed E-state index contributed by atoms with van der Waals surface area (Å²) in [5.74, 6) is 0. The van der Waals surface area contributed by atoms with Crippen LogP contribution in [0.5, 0.6) is 0 Å². The molecule has 0 bridgehead atoms. The van der Waals surface area contributed by atoms with Crippen LogP contribution in [0.2, 0.25) is 0 Å². The van der Waals surface area contributed by atoms with Crippen molar-refractivity contribution in [1.29, 1.82) is 0 Å². The van der Waals surface area contributed by atoms with E-state index < -0.39 is 4.92 Å². The monoisotopic (exact) mass is 235 g/mol. The largest absolute Gasteiger partial charge is 0.338 e. The summed E-state index contributed by atoms with van der Waals surface area (Å²) in [4.78, 5) is 21.2. The van der Waals surface area contributed by atoms with Crippen molar-refractivity contribution in [2.75, 3.05) is 11.9 Å². The molecule has 0 atom stereocenters. The minimum atomic E-state index is -0.492. The van der Waals surface area contributed by atoms with E-state index in [1.165, 1.54) is 24.3 Å². The van der Waals surface area contributed by atoms with E-state index in [4.69, 9.17) is 0 Å². The van der Waals surface area contributed by atoms with Gasteiger partial charge >= 0.3 is 6.03 Å². The van der Waals surface area contributed by atoms with Gasteiger partial charge in [0.2, 0.25) is 0 Å². The van der Waals surface area contributed by atoms with Gasteiger partial charge in [-0.05, 0) is 18.6 Å². The average Bonchev–Trinajstić information content (AvgIpc) is 2.30. The highest BCUT2D eigenvalue weighted by atomic mass is 16.6. The first-order chi connectivity index (χ1) is 8.13.